The Kier molecular flexibility index (Phi) is 9.09. The summed E-state index contributed by atoms with van der Waals surface area (Å²) < 4.78 is 16.7. The molecular weight excluding hydrogens is 570 g/mol. The first kappa shape index (κ1) is 29.5. The molecule has 0 atom stereocenters. The SMILES string of the molecule is CCCCn1c(N2CCN(c3ccccc3F)CC2)c(/C=C2/SC(=S)N(Cc3ccccc3)C2=O)c(C)c(C#N)c1=O. The van der Waals surface area contributed by atoms with Crippen LogP contribution in [0.15, 0.2) is 64.3 Å². The van der Waals surface area contributed by atoms with Crippen LogP contribution in [0.2, 0.25) is 0 Å². The average molecular weight is 602 g/mol. The molecule has 1 aromatic heterocycles. The van der Waals surface area contributed by atoms with E-state index in [4.69, 9.17) is 12.2 Å². The lowest BCUT2D eigenvalue weighted by Gasteiger charge is -2.39. The molecule has 1 amide bonds. The van der Waals surface area contributed by atoms with Crippen LogP contribution in [0.4, 0.5) is 15.9 Å². The number of rotatable bonds is 8. The van der Waals surface area contributed by atoms with E-state index in [2.05, 4.69) is 17.9 Å². The molecular formula is C32H32FN5O2S2. The number of aromatic nitrogens is 1. The van der Waals surface area contributed by atoms with Crippen molar-refractivity contribution < 1.29 is 9.18 Å². The Morgan fingerprint density at radius 3 is 2.36 bits per heavy atom. The fraction of sp³-hybridized carbons (Fsp3) is 0.312. The number of piperazine rings is 1. The van der Waals surface area contributed by atoms with Gasteiger partial charge >= 0.3 is 0 Å². The average Bonchev–Trinajstić information content (AvgIpc) is 3.26. The number of thioether (sulfide) groups is 1. The van der Waals surface area contributed by atoms with Crippen molar-refractivity contribution in [2.75, 3.05) is 36.0 Å². The van der Waals surface area contributed by atoms with Crippen LogP contribution in [0, 0.1) is 24.1 Å². The summed E-state index contributed by atoms with van der Waals surface area (Å²) in [6.45, 7) is 6.83. The van der Waals surface area contributed by atoms with Gasteiger partial charge in [0.2, 0.25) is 0 Å². The number of anilines is 2. The molecule has 3 heterocycles. The van der Waals surface area contributed by atoms with Crippen LogP contribution in [0.25, 0.3) is 6.08 Å². The molecule has 0 N–H and O–H groups in total. The summed E-state index contributed by atoms with van der Waals surface area (Å²) >= 11 is 6.83. The van der Waals surface area contributed by atoms with Crippen LogP contribution in [-0.4, -0.2) is 45.9 Å². The van der Waals surface area contributed by atoms with Gasteiger partial charge in [-0.25, -0.2) is 4.39 Å². The molecule has 2 aromatic carbocycles. The van der Waals surface area contributed by atoms with Gasteiger partial charge in [-0.3, -0.25) is 19.1 Å². The van der Waals surface area contributed by atoms with Gasteiger partial charge in [-0.15, -0.1) is 0 Å². The third-order valence-electron chi connectivity index (χ3n) is 7.69. The summed E-state index contributed by atoms with van der Waals surface area (Å²) in [6, 6.07) is 18.5. The van der Waals surface area contributed by atoms with Crippen molar-refractivity contribution in [2.45, 2.75) is 39.8 Å². The van der Waals surface area contributed by atoms with Gasteiger partial charge in [-0.2, -0.15) is 5.26 Å². The molecule has 216 valence electrons. The summed E-state index contributed by atoms with van der Waals surface area (Å²) in [7, 11) is 0. The number of hydrogen-bond acceptors (Lipinski definition) is 7. The summed E-state index contributed by atoms with van der Waals surface area (Å²) in [5.74, 6) is 0.220. The monoisotopic (exact) mass is 601 g/mol. The van der Waals surface area contributed by atoms with Crippen molar-refractivity contribution in [1.82, 2.24) is 9.47 Å². The predicted octanol–water partition coefficient (Wildman–Crippen LogP) is 5.70. The number of halogens is 1. The van der Waals surface area contributed by atoms with Gasteiger partial charge in [0.25, 0.3) is 11.5 Å². The van der Waals surface area contributed by atoms with Crippen LogP contribution in [0.5, 0.6) is 0 Å². The highest BCUT2D eigenvalue weighted by Crippen LogP contribution is 2.37. The van der Waals surface area contributed by atoms with E-state index in [9.17, 15) is 19.2 Å². The number of para-hydroxylation sites is 1. The normalized spacial score (nSPS) is 16.4. The maximum absolute atomic E-state index is 14.5. The number of thiocarbonyl (C=S) groups is 1. The van der Waals surface area contributed by atoms with Gasteiger partial charge in [0.1, 0.15) is 27.6 Å². The molecule has 0 aliphatic carbocycles. The van der Waals surface area contributed by atoms with E-state index >= 15 is 0 Å². The Labute approximate surface area is 254 Å². The first-order valence-electron chi connectivity index (χ1n) is 14.0. The Morgan fingerprint density at radius 2 is 1.69 bits per heavy atom. The molecule has 10 heteroatoms. The zero-order valence-corrected chi connectivity index (χ0v) is 25.3. The number of carbonyl (C=O) groups is 1. The lowest BCUT2D eigenvalue weighted by Crippen LogP contribution is -2.49. The molecule has 5 rings (SSSR count). The van der Waals surface area contributed by atoms with Gasteiger partial charge in [0, 0.05) is 38.3 Å². The lowest BCUT2D eigenvalue weighted by atomic mass is 10.0. The Morgan fingerprint density at radius 1 is 1.02 bits per heavy atom. The van der Waals surface area contributed by atoms with Gasteiger partial charge in [0.15, 0.2) is 0 Å². The van der Waals surface area contributed by atoms with Crippen molar-refractivity contribution in [3.8, 4) is 6.07 Å². The molecule has 0 spiro atoms. The van der Waals surface area contributed by atoms with Crippen molar-refractivity contribution in [1.29, 1.82) is 5.26 Å². The van der Waals surface area contributed by atoms with Gasteiger partial charge < -0.3 is 9.80 Å². The van der Waals surface area contributed by atoms with Crippen LogP contribution in [0.1, 0.15) is 42.0 Å². The number of pyridine rings is 1. The highest BCUT2D eigenvalue weighted by Gasteiger charge is 2.34. The zero-order chi connectivity index (χ0) is 29.8. The second-order valence-electron chi connectivity index (χ2n) is 10.3. The predicted molar refractivity (Wildman–Crippen MR) is 171 cm³/mol. The van der Waals surface area contributed by atoms with E-state index in [1.54, 1.807) is 34.6 Å². The van der Waals surface area contributed by atoms with Crippen molar-refractivity contribution >= 4 is 51.8 Å². The minimum Gasteiger partial charge on any atom is -0.366 e. The first-order chi connectivity index (χ1) is 20.3. The van der Waals surface area contributed by atoms with Gasteiger partial charge in [-0.1, -0.05) is 79.8 Å². The van der Waals surface area contributed by atoms with Crippen LogP contribution in [0.3, 0.4) is 0 Å². The topological polar surface area (TPSA) is 72.6 Å². The van der Waals surface area contributed by atoms with E-state index < -0.39 is 0 Å². The van der Waals surface area contributed by atoms with E-state index in [1.807, 2.05) is 41.3 Å². The zero-order valence-electron chi connectivity index (χ0n) is 23.7. The Hall–Kier alpha value is -3.94. The van der Waals surface area contributed by atoms with E-state index in [1.165, 1.54) is 17.8 Å². The molecule has 42 heavy (non-hydrogen) atoms. The fourth-order valence-corrected chi connectivity index (χ4v) is 6.65. The number of unbranched alkanes of at least 4 members (excludes halogenated alkanes) is 1. The van der Waals surface area contributed by atoms with Crippen LogP contribution >= 0.6 is 24.0 Å². The van der Waals surface area contributed by atoms with E-state index in [0.29, 0.717) is 71.1 Å². The Bertz CT molecular complexity index is 1640. The molecule has 7 nitrogen and oxygen atoms in total. The molecule has 2 aliphatic heterocycles. The molecule has 2 saturated heterocycles. The van der Waals surface area contributed by atoms with Crippen molar-refractivity contribution in [3.63, 3.8) is 0 Å². The molecule has 2 aliphatic rings. The largest absolute Gasteiger partial charge is 0.366 e. The molecule has 0 radical (unpaired) electrons. The summed E-state index contributed by atoms with van der Waals surface area (Å²) in [5, 5.41) is 9.98. The number of amides is 1. The number of nitriles is 1. The van der Waals surface area contributed by atoms with Crippen LogP contribution < -0.4 is 15.4 Å². The first-order valence-corrected chi connectivity index (χ1v) is 15.3. The molecule has 2 fully saturated rings. The maximum atomic E-state index is 14.5. The van der Waals surface area contributed by atoms with Gasteiger partial charge in [0.05, 0.1) is 17.1 Å². The number of benzene rings is 2. The van der Waals surface area contributed by atoms with Crippen molar-refractivity contribution in [3.05, 3.63) is 97.9 Å². The highest BCUT2D eigenvalue weighted by atomic mass is 32.2. The number of carbonyl (C=O) groups excluding carboxylic acids is 1. The lowest BCUT2D eigenvalue weighted by molar-refractivity contribution is -0.122. The smallest absolute Gasteiger partial charge is 0.270 e. The summed E-state index contributed by atoms with van der Waals surface area (Å²) in [6.07, 6.45) is 3.42. The molecule has 0 unspecified atom stereocenters. The molecule has 3 aromatic rings. The fourth-order valence-electron chi connectivity index (χ4n) is 5.41. The quantitative estimate of drug-likeness (QED) is 0.243. The number of nitrogens with zero attached hydrogens (tertiary/aromatic N) is 5. The number of hydrogen-bond donors (Lipinski definition) is 0. The maximum Gasteiger partial charge on any atom is 0.270 e. The summed E-state index contributed by atoms with van der Waals surface area (Å²) in [5.41, 5.74) is 2.48. The minimum absolute atomic E-state index is 0.0749. The Balaban J connectivity index is 1.55. The molecule has 0 saturated carbocycles. The van der Waals surface area contributed by atoms with E-state index in [-0.39, 0.29) is 22.8 Å². The highest BCUT2D eigenvalue weighted by molar-refractivity contribution is 8.26. The third kappa shape index (κ3) is 5.85. The standard InChI is InChI=1S/C32H32FN5O2S2/c1-3-4-14-37-29(36-17-15-35(16-18-36)27-13-9-8-12-26(27)33)24(22(2)25(20-34)30(37)39)19-28-31(40)38(32(41)42-28)21-23-10-6-5-7-11-23/h5-13,19H,3-4,14-18,21H2,1-2H3/b28-19+. The molecule has 0 bridgehead atoms. The second-order valence-corrected chi connectivity index (χ2v) is 12.0. The van der Waals surface area contributed by atoms with Crippen molar-refractivity contribution in [2.24, 2.45) is 0 Å². The van der Waals surface area contributed by atoms with Crippen LogP contribution in [-0.2, 0) is 17.9 Å². The second kappa shape index (κ2) is 12.9. The minimum atomic E-state index is -0.330. The van der Waals surface area contributed by atoms with Gasteiger partial charge in [-0.05, 0) is 42.7 Å². The third-order valence-corrected chi connectivity index (χ3v) is 9.06. The summed E-state index contributed by atoms with van der Waals surface area (Å²) in [4.78, 5) is 33.4. The van der Waals surface area contributed by atoms with E-state index in [0.717, 1.165) is 18.4 Å².